The molecule has 154 valence electrons. The van der Waals surface area contributed by atoms with Crippen LogP contribution in [0, 0.1) is 6.92 Å². The number of pyridine rings is 1. The molecule has 0 saturated heterocycles. The van der Waals surface area contributed by atoms with Crippen LogP contribution in [0.5, 0.6) is 0 Å². The van der Waals surface area contributed by atoms with Crippen LogP contribution in [-0.4, -0.2) is 31.9 Å². The number of amidine groups is 1. The molecule has 1 aliphatic heterocycles. The van der Waals surface area contributed by atoms with Crippen LogP contribution in [0.15, 0.2) is 76.6 Å². The Hall–Kier alpha value is -3.47. The van der Waals surface area contributed by atoms with Gasteiger partial charge in [-0.3, -0.25) is 20.3 Å². The molecule has 0 bridgehead atoms. The Morgan fingerprint density at radius 1 is 1.23 bits per heavy atom. The maximum atomic E-state index is 12.9. The van der Waals surface area contributed by atoms with Crippen LogP contribution in [0.2, 0.25) is 0 Å². The van der Waals surface area contributed by atoms with Gasteiger partial charge in [0.2, 0.25) is 0 Å². The van der Waals surface area contributed by atoms with Crippen molar-refractivity contribution in [2.75, 3.05) is 0 Å². The molecule has 0 spiro atoms. The van der Waals surface area contributed by atoms with Crippen molar-refractivity contribution in [3.8, 4) is 11.5 Å². The van der Waals surface area contributed by atoms with Gasteiger partial charge in [-0.15, -0.1) is 0 Å². The van der Waals surface area contributed by atoms with Crippen molar-refractivity contribution in [1.29, 1.82) is 0 Å². The minimum absolute atomic E-state index is 0.274. The number of hydrogen-bond acceptors (Lipinski definition) is 6. The predicted molar refractivity (Wildman–Crippen MR) is 124 cm³/mol. The van der Waals surface area contributed by atoms with Gasteiger partial charge in [0.1, 0.15) is 9.74 Å². The van der Waals surface area contributed by atoms with Crippen LogP contribution >= 0.6 is 22.6 Å². The largest absolute Gasteiger partial charge is 0.463 e. The second-order valence-corrected chi connectivity index (χ2v) is 8.18. The fourth-order valence-electron chi connectivity index (χ4n) is 3.38. The fraction of sp³-hybridized carbons (Fsp3) is 0.0909. The summed E-state index contributed by atoms with van der Waals surface area (Å²) in [6, 6.07) is 15.1. The van der Waals surface area contributed by atoms with Gasteiger partial charge in [-0.05, 0) is 59.8 Å². The molecular formula is C22H17IN6O2. The molecule has 0 aliphatic carbocycles. The lowest BCUT2D eigenvalue weighted by molar-refractivity contribution is 0.0864. The number of aromatic nitrogens is 3. The molecule has 2 N–H and O–H groups in total. The molecule has 1 aliphatic rings. The van der Waals surface area contributed by atoms with E-state index in [2.05, 4.69) is 43.2 Å². The number of rotatable bonds is 4. The lowest BCUT2D eigenvalue weighted by Gasteiger charge is -2.33. The Morgan fingerprint density at radius 3 is 2.87 bits per heavy atom. The van der Waals surface area contributed by atoms with Crippen LogP contribution < -0.4 is 5.43 Å². The predicted octanol–water partition coefficient (Wildman–Crippen LogP) is 4.55. The molecular weight excluding hydrogens is 507 g/mol. The van der Waals surface area contributed by atoms with Gasteiger partial charge in [0.15, 0.2) is 17.3 Å². The first kappa shape index (κ1) is 19.5. The summed E-state index contributed by atoms with van der Waals surface area (Å²) in [6.45, 7) is 2.02. The fourth-order valence-corrected chi connectivity index (χ4v) is 4.22. The van der Waals surface area contributed by atoms with Crippen LogP contribution in [0.4, 0.5) is 5.69 Å². The number of aryl methyl sites for hydroxylation is 1. The number of furan rings is 1. The summed E-state index contributed by atoms with van der Waals surface area (Å²) in [4.78, 5) is 21.9. The van der Waals surface area contributed by atoms with Gasteiger partial charge >= 0.3 is 0 Å². The zero-order chi connectivity index (χ0) is 21.4. The van der Waals surface area contributed by atoms with E-state index in [9.17, 15) is 4.79 Å². The highest BCUT2D eigenvalue weighted by Crippen LogP contribution is 2.43. The molecule has 31 heavy (non-hydrogen) atoms. The van der Waals surface area contributed by atoms with E-state index >= 15 is 0 Å². The number of alkyl halides is 1. The molecule has 4 aromatic rings. The van der Waals surface area contributed by atoms with E-state index in [-0.39, 0.29) is 9.96 Å². The second kappa shape index (κ2) is 7.99. The first-order chi connectivity index (χ1) is 15.1. The summed E-state index contributed by atoms with van der Waals surface area (Å²) in [6.07, 6.45) is 4.76. The zero-order valence-corrected chi connectivity index (χ0v) is 18.6. The summed E-state index contributed by atoms with van der Waals surface area (Å²) in [5.74, 6) is 0.965. The molecule has 0 fully saturated rings. The first-order valence-electron chi connectivity index (χ1n) is 9.54. The number of fused-ring (bicyclic) bond motifs is 1. The number of nitrogens with zero attached hydrogens (tertiary/aromatic N) is 4. The number of H-pyrrole nitrogens is 1. The van der Waals surface area contributed by atoms with Gasteiger partial charge in [0.05, 0.1) is 17.5 Å². The maximum Gasteiger partial charge on any atom is 0.271 e. The maximum absolute atomic E-state index is 12.9. The molecule has 0 saturated carbocycles. The number of hydrazine groups is 1. The van der Waals surface area contributed by atoms with E-state index in [1.54, 1.807) is 29.6 Å². The van der Waals surface area contributed by atoms with Crippen molar-refractivity contribution >= 4 is 40.0 Å². The topological polar surface area (TPSA) is 99.4 Å². The molecule has 1 aromatic carbocycles. The van der Waals surface area contributed by atoms with Gasteiger partial charge in [0.25, 0.3) is 5.91 Å². The Labute approximate surface area is 191 Å². The average Bonchev–Trinajstić information content (AvgIpc) is 3.46. The normalized spacial score (nSPS) is 15.4. The van der Waals surface area contributed by atoms with Crippen molar-refractivity contribution < 1.29 is 9.21 Å². The third-order valence-electron chi connectivity index (χ3n) is 4.85. The van der Waals surface area contributed by atoms with Gasteiger partial charge in [0, 0.05) is 18.0 Å². The van der Waals surface area contributed by atoms with Crippen LogP contribution in [0.1, 0.15) is 31.2 Å². The average molecular weight is 524 g/mol. The van der Waals surface area contributed by atoms with Crippen molar-refractivity contribution in [1.82, 2.24) is 25.6 Å². The number of aliphatic imine (C=N–C) groups is 1. The first-order valence-corrected chi connectivity index (χ1v) is 10.8. The van der Waals surface area contributed by atoms with Crippen LogP contribution in [0.25, 0.3) is 11.5 Å². The molecule has 0 radical (unpaired) electrons. The third kappa shape index (κ3) is 3.61. The number of carbonyl (C=O) groups excluding carboxylic acids is 1. The SMILES string of the molecule is Cc1cccc(C2=Nc3c(-c4ccco4)n[nH]c3C(I)N2NC(=O)c2cccnc2)c1. The second-order valence-electron chi connectivity index (χ2n) is 7.01. The summed E-state index contributed by atoms with van der Waals surface area (Å²) in [7, 11) is 0. The highest BCUT2D eigenvalue weighted by molar-refractivity contribution is 14.1. The number of amides is 1. The number of halogens is 1. The molecule has 1 unspecified atom stereocenters. The van der Waals surface area contributed by atoms with Gasteiger partial charge in [-0.25, -0.2) is 10.0 Å². The number of aromatic amines is 1. The lowest BCUT2D eigenvalue weighted by Crippen LogP contribution is -2.48. The van der Waals surface area contributed by atoms with E-state index in [1.807, 2.05) is 43.3 Å². The zero-order valence-electron chi connectivity index (χ0n) is 16.4. The Balaban J connectivity index is 1.61. The van der Waals surface area contributed by atoms with E-state index in [0.29, 0.717) is 28.5 Å². The number of carbonyl (C=O) groups is 1. The number of benzene rings is 1. The van der Waals surface area contributed by atoms with E-state index in [0.717, 1.165) is 16.8 Å². The highest BCUT2D eigenvalue weighted by atomic mass is 127. The quantitative estimate of drug-likeness (QED) is 0.232. The number of nitrogens with one attached hydrogen (secondary N) is 2. The Morgan fingerprint density at radius 2 is 2.13 bits per heavy atom. The van der Waals surface area contributed by atoms with Gasteiger partial charge in [-0.1, -0.05) is 23.8 Å². The Bertz CT molecular complexity index is 1270. The monoisotopic (exact) mass is 524 g/mol. The summed E-state index contributed by atoms with van der Waals surface area (Å²) >= 11 is 2.26. The van der Waals surface area contributed by atoms with E-state index < -0.39 is 0 Å². The van der Waals surface area contributed by atoms with Crippen molar-refractivity contribution in [3.05, 3.63) is 89.6 Å². The standard InChI is InChI=1S/C22H17IN6O2/c1-13-5-2-6-14(11-13)21-25-18-17(16-8-4-10-31-16)26-27-19(18)20(23)29(21)28-22(30)15-7-3-9-24-12-15/h2-12,20H,1H3,(H,26,27)(H,28,30). The minimum Gasteiger partial charge on any atom is -0.463 e. The lowest BCUT2D eigenvalue weighted by atomic mass is 10.1. The van der Waals surface area contributed by atoms with Crippen LogP contribution in [-0.2, 0) is 0 Å². The van der Waals surface area contributed by atoms with Gasteiger partial charge in [-0.2, -0.15) is 5.10 Å². The van der Waals surface area contributed by atoms with Crippen LogP contribution in [0.3, 0.4) is 0 Å². The molecule has 5 rings (SSSR count). The smallest absolute Gasteiger partial charge is 0.271 e. The molecule has 9 heteroatoms. The Kier molecular flexibility index (Phi) is 5.02. The molecule has 1 amide bonds. The third-order valence-corrected chi connectivity index (χ3v) is 6.03. The van der Waals surface area contributed by atoms with E-state index in [1.165, 1.54) is 6.20 Å². The van der Waals surface area contributed by atoms with E-state index in [4.69, 9.17) is 9.41 Å². The summed E-state index contributed by atoms with van der Waals surface area (Å²) in [5.41, 5.74) is 7.51. The molecule has 4 heterocycles. The highest BCUT2D eigenvalue weighted by Gasteiger charge is 2.34. The van der Waals surface area contributed by atoms with Crippen molar-refractivity contribution in [2.24, 2.45) is 4.99 Å². The summed E-state index contributed by atoms with van der Waals surface area (Å²) in [5, 5.41) is 9.24. The minimum atomic E-state index is -0.280. The number of hydrogen-bond donors (Lipinski definition) is 2. The molecule has 1 atom stereocenters. The van der Waals surface area contributed by atoms with Gasteiger partial charge < -0.3 is 4.42 Å². The summed E-state index contributed by atoms with van der Waals surface area (Å²) < 4.78 is 5.26. The van der Waals surface area contributed by atoms with Crippen molar-refractivity contribution in [3.63, 3.8) is 0 Å². The molecule has 3 aromatic heterocycles. The molecule has 8 nitrogen and oxygen atoms in total. The van der Waals surface area contributed by atoms with Crippen molar-refractivity contribution in [2.45, 2.75) is 11.0 Å².